The summed E-state index contributed by atoms with van der Waals surface area (Å²) in [5, 5.41) is 2.07. The van der Waals surface area contributed by atoms with Gasteiger partial charge in [-0.15, -0.1) is 11.3 Å². The van der Waals surface area contributed by atoms with Crippen LogP contribution >= 0.6 is 11.3 Å². The molecule has 2 heterocycles. The molecule has 0 bridgehead atoms. The Morgan fingerprint density at radius 3 is 2.68 bits per heavy atom. The smallest absolute Gasteiger partial charge is 0.261 e. The maximum atomic E-state index is 13.3. The average Bonchev–Trinajstić information content (AvgIpc) is 3.27. The molecular formula is C23H24N2O4S2. The largest absolute Gasteiger partial charge is 0.497 e. The summed E-state index contributed by atoms with van der Waals surface area (Å²) in [6.07, 6.45) is 1.64. The summed E-state index contributed by atoms with van der Waals surface area (Å²) in [5.41, 5.74) is 2.00. The molecule has 6 nitrogen and oxygen atoms in total. The van der Waals surface area contributed by atoms with Crippen LogP contribution in [0.5, 0.6) is 5.75 Å². The third kappa shape index (κ3) is 4.31. The van der Waals surface area contributed by atoms with Crippen molar-refractivity contribution in [2.24, 2.45) is 0 Å². The van der Waals surface area contributed by atoms with Gasteiger partial charge in [0.15, 0.2) is 0 Å². The van der Waals surface area contributed by atoms with Crippen LogP contribution in [0.25, 0.3) is 0 Å². The van der Waals surface area contributed by atoms with Gasteiger partial charge in [-0.3, -0.25) is 9.52 Å². The standard InChI is InChI=1S/C23H24N2O4S2/c1-3-21-20-12-14-30-22(20)11-13-25(21)23(26)16-5-4-6-19(15-16)31(27,28)24-17-7-9-18(29-2)10-8-17/h4-10,12,14-15,21,24H,3,11,13H2,1-2H3. The number of carbonyl (C=O) groups is 1. The molecule has 1 atom stereocenters. The molecule has 1 aromatic heterocycles. The minimum atomic E-state index is -3.84. The molecule has 1 N–H and O–H groups in total. The monoisotopic (exact) mass is 456 g/mol. The molecule has 0 saturated heterocycles. The number of hydrogen-bond acceptors (Lipinski definition) is 5. The van der Waals surface area contributed by atoms with E-state index < -0.39 is 10.0 Å². The molecule has 162 valence electrons. The zero-order valence-corrected chi connectivity index (χ0v) is 19.0. The lowest BCUT2D eigenvalue weighted by Crippen LogP contribution is -2.39. The second kappa shape index (κ2) is 8.72. The molecular weight excluding hydrogens is 432 g/mol. The average molecular weight is 457 g/mol. The van der Waals surface area contributed by atoms with E-state index in [-0.39, 0.29) is 16.8 Å². The quantitative estimate of drug-likeness (QED) is 0.583. The van der Waals surface area contributed by atoms with Crippen LogP contribution in [-0.4, -0.2) is 32.9 Å². The van der Waals surface area contributed by atoms with Crippen molar-refractivity contribution >= 4 is 33.0 Å². The number of nitrogens with zero attached hydrogens (tertiary/aromatic N) is 1. The molecule has 0 saturated carbocycles. The maximum absolute atomic E-state index is 13.3. The Balaban J connectivity index is 1.58. The van der Waals surface area contributed by atoms with Crippen LogP contribution in [0.1, 0.15) is 40.2 Å². The summed E-state index contributed by atoms with van der Waals surface area (Å²) in [6.45, 7) is 2.70. The van der Waals surface area contributed by atoms with Crippen molar-refractivity contribution in [2.45, 2.75) is 30.7 Å². The summed E-state index contributed by atoms with van der Waals surface area (Å²) in [7, 11) is -2.29. The summed E-state index contributed by atoms with van der Waals surface area (Å²) in [4.78, 5) is 16.5. The Morgan fingerprint density at radius 2 is 1.97 bits per heavy atom. The van der Waals surface area contributed by atoms with Crippen molar-refractivity contribution in [3.8, 4) is 5.75 Å². The summed E-state index contributed by atoms with van der Waals surface area (Å²) >= 11 is 1.73. The number of amides is 1. The Kier molecular flexibility index (Phi) is 6.02. The number of nitrogens with one attached hydrogen (secondary N) is 1. The number of benzene rings is 2. The molecule has 0 radical (unpaired) electrons. The van der Waals surface area contributed by atoms with Gasteiger partial charge in [0.25, 0.3) is 15.9 Å². The van der Waals surface area contributed by atoms with Gasteiger partial charge in [0.2, 0.25) is 0 Å². The molecule has 1 amide bonds. The van der Waals surface area contributed by atoms with Crippen LogP contribution in [0, 0.1) is 0 Å². The predicted molar refractivity (Wildman–Crippen MR) is 122 cm³/mol. The van der Waals surface area contributed by atoms with Gasteiger partial charge in [0, 0.05) is 22.7 Å². The lowest BCUT2D eigenvalue weighted by atomic mass is 9.97. The van der Waals surface area contributed by atoms with Crippen LogP contribution in [0.4, 0.5) is 5.69 Å². The van der Waals surface area contributed by atoms with Gasteiger partial charge < -0.3 is 9.64 Å². The molecule has 4 rings (SSSR count). The first kappa shape index (κ1) is 21.4. The molecule has 0 aliphatic carbocycles. The van der Waals surface area contributed by atoms with Crippen molar-refractivity contribution < 1.29 is 17.9 Å². The first-order chi connectivity index (χ1) is 14.9. The zero-order valence-electron chi connectivity index (χ0n) is 17.4. The Bertz CT molecular complexity index is 1190. The first-order valence-electron chi connectivity index (χ1n) is 10.1. The second-order valence-corrected chi connectivity index (χ2v) is 10.0. The molecule has 0 spiro atoms. The van der Waals surface area contributed by atoms with E-state index in [0.717, 1.165) is 12.8 Å². The Hall–Kier alpha value is -2.84. The number of carbonyl (C=O) groups excluding carboxylic acids is 1. The highest BCUT2D eigenvalue weighted by Gasteiger charge is 2.31. The van der Waals surface area contributed by atoms with E-state index in [0.29, 0.717) is 23.5 Å². The third-order valence-electron chi connectivity index (χ3n) is 5.48. The number of ether oxygens (including phenoxy) is 1. The van der Waals surface area contributed by atoms with E-state index >= 15 is 0 Å². The fourth-order valence-corrected chi connectivity index (χ4v) is 5.95. The van der Waals surface area contributed by atoms with Gasteiger partial charge in [0.1, 0.15) is 5.75 Å². The molecule has 1 unspecified atom stereocenters. The molecule has 0 fully saturated rings. The Labute approximate surface area is 186 Å². The van der Waals surface area contributed by atoms with E-state index in [9.17, 15) is 13.2 Å². The highest BCUT2D eigenvalue weighted by atomic mass is 32.2. The van der Waals surface area contributed by atoms with Gasteiger partial charge in [-0.1, -0.05) is 13.0 Å². The van der Waals surface area contributed by atoms with Crippen molar-refractivity contribution in [1.82, 2.24) is 4.90 Å². The van der Waals surface area contributed by atoms with Crippen molar-refractivity contribution in [3.63, 3.8) is 0 Å². The molecule has 3 aromatic rings. The number of thiophene rings is 1. The number of hydrogen-bond donors (Lipinski definition) is 1. The van der Waals surface area contributed by atoms with Gasteiger partial charge >= 0.3 is 0 Å². The number of anilines is 1. The second-order valence-electron chi connectivity index (χ2n) is 7.33. The van der Waals surface area contributed by atoms with E-state index in [4.69, 9.17) is 4.74 Å². The SMILES string of the molecule is CCC1c2ccsc2CCN1C(=O)c1cccc(S(=O)(=O)Nc2ccc(OC)cc2)c1. The van der Waals surface area contributed by atoms with Crippen molar-refractivity contribution in [3.05, 3.63) is 76.0 Å². The Morgan fingerprint density at radius 1 is 1.19 bits per heavy atom. The highest BCUT2D eigenvalue weighted by molar-refractivity contribution is 7.92. The van der Waals surface area contributed by atoms with E-state index in [2.05, 4.69) is 23.1 Å². The van der Waals surface area contributed by atoms with Crippen LogP contribution in [0.2, 0.25) is 0 Å². The van der Waals surface area contributed by atoms with Crippen molar-refractivity contribution in [2.75, 3.05) is 18.4 Å². The molecule has 8 heteroatoms. The lowest BCUT2D eigenvalue weighted by molar-refractivity contribution is 0.0657. The van der Waals surface area contributed by atoms with Crippen LogP contribution in [0.3, 0.4) is 0 Å². The van der Waals surface area contributed by atoms with Gasteiger partial charge in [-0.05, 0) is 72.3 Å². The minimum Gasteiger partial charge on any atom is -0.497 e. The van der Waals surface area contributed by atoms with Crippen LogP contribution in [0.15, 0.2) is 64.9 Å². The van der Waals surface area contributed by atoms with Crippen molar-refractivity contribution in [1.29, 1.82) is 0 Å². The summed E-state index contributed by atoms with van der Waals surface area (Å²) in [5.74, 6) is 0.488. The number of methoxy groups -OCH3 is 1. The minimum absolute atomic E-state index is 0.0141. The molecule has 31 heavy (non-hydrogen) atoms. The predicted octanol–water partition coefficient (Wildman–Crippen LogP) is 4.71. The normalized spacial score (nSPS) is 15.9. The zero-order chi connectivity index (χ0) is 22.0. The first-order valence-corrected chi connectivity index (χ1v) is 12.4. The van der Waals surface area contributed by atoms with Crippen LogP contribution < -0.4 is 9.46 Å². The fourth-order valence-electron chi connectivity index (χ4n) is 3.91. The summed E-state index contributed by atoms with van der Waals surface area (Å²) < 4.78 is 33.4. The van der Waals surface area contributed by atoms with E-state index in [1.807, 2.05) is 4.90 Å². The fraction of sp³-hybridized carbons (Fsp3) is 0.261. The molecule has 1 aliphatic rings. The third-order valence-corrected chi connectivity index (χ3v) is 7.85. The van der Waals surface area contributed by atoms with E-state index in [1.54, 1.807) is 54.8 Å². The van der Waals surface area contributed by atoms with Gasteiger partial charge in [0.05, 0.1) is 18.0 Å². The maximum Gasteiger partial charge on any atom is 0.261 e. The topological polar surface area (TPSA) is 75.7 Å². The summed E-state index contributed by atoms with van der Waals surface area (Å²) in [6, 6.07) is 14.9. The molecule has 1 aliphatic heterocycles. The number of rotatable bonds is 6. The highest BCUT2D eigenvalue weighted by Crippen LogP contribution is 2.36. The lowest BCUT2D eigenvalue weighted by Gasteiger charge is -2.35. The van der Waals surface area contributed by atoms with Crippen LogP contribution in [-0.2, 0) is 16.4 Å². The molecule has 2 aromatic carbocycles. The number of fused-ring (bicyclic) bond motifs is 1. The number of sulfonamides is 1. The van der Waals surface area contributed by atoms with E-state index in [1.165, 1.54) is 22.6 Å². The van der Waals surface area contributed by atoms with Gasteiger partial charge in [-0.2, -0.15) is 0 Å². The van der Waals surface area contributed by atoms with Gasteiger partial charge in [-0.25, -0.2) is 8.42 Å².